The quantitative estimate of drug-likeness (QED) is 0.791. The molecule has 0 bridgehead atoms. The zero-order valence-corrected chi connectivity index (χ0v) is 13.3. The molecule has 0 fully saturated rings. The van der Waals surface area contributed by atoms with Gasteiger partial charge < -0.3 is 9.84 Å². The van der Waals surface area contributed by atoms with Gasteiger partial charge in [-0.25, -0.2) is 4.98 Å². The predicted molar refractivity (Wildman–Crippen MR) is 84.6 cm³/mol. The summed E-state index contributed by atoms with van der Waals surface area (Å²) in [5, 5.41) is 15.5. The Morgan fingerprint density at radius 1 is 1.23 bits per heavy atom. The van der Waals surface area contributed by atoms with Crippen molar-refractivity contribution in [3.8, 4) is 5.88 Å². The Bertz CT molecular complexity index is 833. The monoisotopic (exact) mass is 337 g/mol. The van der Waals surface area contributed by atoms with E-state index in [0.717, 1.165) is 5.56 Å². The molecule has 0 aliphatic carbocycles. The van der Waals surface area contributed by atoms with Crippen molar-refractivity contribution in [2.45, 2.75) is 13.0 Å². The number of hydrogen-bond donors (Lipinski definition) is 1. The van der Waals surface area contributed by atoms with E-state index in [1.54, 1.807) is 31.5 Å². The first kappa shape index (κ1) is 15.1. The van der Waals surface area contributed by atoms with Gasteiger partial charge in [0, 0.05) is 25.2 Å². The Morgan fingerprint density at radius 2 is 2.05 bits per heavy atom. The van der Waals surface area contributed by atoms with Crippen LogP contribution in [-0.2, 0) is 17.8 Å². The van der Waals surface area contributed by atoms with Gasteiger partial charge in [-0.05, 0) is 17.7 Å². The molecule has 2 aromatic heterocycles. The van der Waals surface area contributed by atoms with Crippen LogP contribution in [0.4, 0.5) is 0 Å². The maximum absolute atomic E-state index is 10.5. The molecule has 22 heavy (non-hydrogen) atoms. The maximum Gasteiger partial charge on any atom is 0.219 e. The summed E-state index contributed by atoms with van der Waals surface area (Å²) in [5.74, 6) is 0.0492. The van der Waals surface area contributed by atoms with Gasteiger partial charge in [-0.2, -0.15) is 9.61 Å². The molecule has 0 radical (unpaired) electrons. The fourth-order valence-corrected chi connectivity index (χ4v) is 2.62. The molecule has 0 spiro atoms. The van der Waals surface area contributed by atoms with E-state index in [4.69, 9.17) is 27.9 Å². The second-order valence-electron chi connectivity index (χ2n) is 4.82. The molecule has 0 atom stereocenters. The smallest absolute Gasteiger partial charge is 0.219 e. The number of aromatic hydroxyl groups is 1. The minimum absolute atomic E-state index is 0.0492. The summed E-state index contributed by atoms with van der Waals surface area (Å²) in [5.41, 5.74) is 2.80. The Labute approximate surface area is 137 Å². The molecule has 0 saturated heterocycles. The third-order valence-electron chi connectivity index (χ3n) is 3.34. The highest BCUT2D eigenvalue weighted by Crippen LogP contribution is 2.28. The fourth-order valence-electron chi connectivity index (χ4n) is 2.30. The van der Waals surface area contributed by atoms with Crippen LogP contribution >= 0.6 is 23.2 Å². The first-order valence-corrected chi connectivity index (χ1v) is 7.33. The first-order valence-electron chi connectivity index (χ1n) is 6.57. The van der Waals surface area contributed by atoms with Crippen molar-refractivity contribution in [1.82, 2.24) is 14.6 Å². The largest absolute Gasteiger partial charge is 0.493 e. The average Bonchev–Trinajstić information content (AvgIpc) is 2.95. The normalized spacial score (nSPS) is 11.2. The van der Waals surface area contributed by atoms with Crippen LogP contribution in [0, 0.1) is 0 Å². The van der Waals surface area contributed by atoms with Crippen molar-refractivity contribution in [1.29, 1.82) is 0 Å². The summed E-state index contributed by atoms with van der Waals surface area (Å²) in [7, 11) is 1.59. The average molecular weight is 338 g/mol. The summed E-state index contributed by atoms with van der Waals surface area (Å²) in [4.78, 5) is 4.48. The molecule has 0 unspecified atom stereocenters. The first-order chi connectivity index (χ1) is 10.6. The van der Waals surface area contributed by atoms with Crippen LogP contribution in [0.2, 0.25) is 10.0 Å². The van der Waals surface area contributed by atoms with Crippen LogP contribution in [0.5, 0.6) is 5.88 Å². The van der Waals surface area contributed by atoms with E-state index in [2.05, 4.69) is 10.1 Å². The van der Waals surface area contributed by atoms with Gasteiger partial charge in [0.05, 0.1) is 28.5 Å². The van der Waals surface area contributed by atoms with Crippen molar-refractivity contribution in [3.05, 3.63) is 57.3 Å². The van der Waals surface area contributed by atoms with E-state index in [9.17, 15) is 5.11 Å². The number of benzene rings is 1. The van der Waals surface area contributed by atoms with Crippen molar-refractivity contribution in [3.63, 3.8) is 0 Å². The Balaban J connectivity index is 2.09. The molecular formula is C15H13Cl2N3O2. The molecular weight excluding hydrogens is 325 g/mol. The second-order valence-corrected chi connectivity index (χ2v) is 5.63. The number of ether oxygens (including phenoxy) is 1. The number of nitrogens with zero attached hydrogens (tertiary/aromatic N) is 3. The Morgan fingerprint density at radius 3 is 2.77 bits per heavy atom. The molecule has 3 rings (SSSR count). The van der Waals surface area contributed by atoms with Gasteiger partial charge in [-0.15, -0.1) is 0 Å². The number of hydrogen-bond acceptors (Lipinski definition) is 4. The van der Waals surface area contributed by atoms with Gasteiger partial charge in [0.15, 0.2) is 5.65 Å². The van der Waals surface area contributed by atoms with Crippen molar-refractivity contribution < 1.29 is 9.84 Å². The Kier molecular flexibility index (Phi) is 4.20. The topological polar surface area (TPSA) is 59.7 Å². The molecule has 7 heteroatoms. The minimum atomic E-state index is 0.0492. The lowest BCUT2D eigenvalue weighted by molar-refractivity contribution is 0.180. The molecule has 0 saturated carbocycles. The van der Waals surface area contributed by atoms with Gasteiger partial charge in [0.25, 0.3) is 0 Å². The number of aromatic nitrogens is 3. The molecule has 3 aromatic rings. The molecule has 1 aromatic carbocycles. The van der Waals surface area contributed by atoms with Gasteiger partial charge in [0.1, 0.15) is 0 Å². The third-order valence-corrected chi connectivity index (χ3v) is 4.08. The zero-order valence-electron chi connectivity index (χ0n) is 11.8. The molecule has 0 aliphatic heterocycles. The summed E-state index contributed by atoms with van der Waals surface area (Å²) >= 11 is 12.0. The van der Waals surface area contributed by atoms with Crippen LogP contribution in [0.15, 0.2) is 30.5 Å². The van der Waals surface area contributed by atoms with Gasteiger partial charge in [0.2, 0.25) is 5.88 Å². The third kappa shape index (κ3) is 2.75. The molecule has 5 nitrogen and oxygen atoms in total. The number of halogens is 2. The molecule has 114 valence electrons. The summed E-state index contributed by atoms with van der Waals surface area (Å²) < 4.78 is 6.57. The fraction of sp³-hybridized carbons (Fsp3) is 0.200. The van der Waals surface area contributed by atoms with Crippen LogP contribution in [0.25, 0.3) is 5.65 Å². The van der Waals surface area contributed by atoms with E-state index in [1.807, 2.05) is 6.07 Å². The van der Waals surface area contributed by atoms with Gasteiger partial charge >= 0.3 is 0 Å². The number of rotatable bonds is 4. The van der Waals surface area contributed by atoms with E-state index < -0.39 is 0 Å². The summed E-state index contributed by atoms with van der Waals surface area (Å²) in [6.45, 7) is 0.298. The van der Waals surface area contributed by atoms with Crippen LogP contribution in [-0.4, -0.2) is 26.8 Å². The maximum atomic E-state index is 10.5. The van der Waals surface area contributed by atoms with Crippen molar-refractivity contribution >= 4 is 28.8 Å². The predicted octanol–water partition coefficient (Wildman–Crippen LogP) is 3.48. The van der Waals surface area contributed by atoms with E-state index in [-0.39, 0.29) is 5.88 Å². The number of methoxy groups -OCH3 is 1. The lowest BCUT2D eigenvalue weighted by Gasteiger charge is -2.12. The van der Waals surface area contributed by atoms with E-state index >= 15 is 0 Å². The highest BCUT2D eigenvalue weighted by Gasteiger charge is 2.16. The minimum Gasteiger partial charge on any atom is -0.493 e. The highest BCUT2D eigenvalue weighted by molar-refractivity contribution is 6.42. The van der Waals surface area contributed by atoms with Crippen LogP contribution in [0.1, 0.15) is 16.8 Å². The lowest BCUT2D eigenvalue weighted by atomic mass is 10.0. The molecule has 0 aliphatic rings. The summed E-state index contributed by atoms with van der Waals surface area (Å²) in [6, 6.07) is 7.08. The molecule has 0 amide bonds. The molecule has 1 N–H and O–H groups in total. The van der Waals surface area contributed by atoms with Gasteiger partial charge in [-0.3, -0.25) is 0 Å². The van der Waals surface area contributed by atoms with Crippen LogP contribution in [0.3, 0.4) is 0 Å². The second kappa shape index (κ2) is 6.12. The highest BCUT2D eigenvalue weighted by atomic mass is 35.5. The van der Waals surface area contributed by atoms with Crippen LogP contribution < -0.4 is 0 Å². The van der Waals surface area contributed by atoms with Gasteiger partial charge in [-0.1, -0.05) is 29.3 Å². The van der Waals surface area contributed by atoms with E-state index in [1.165, 1.54) is 4.52 Å². The number of fused-ring (bicyclic) bond motifs is 1. The van der Waals surface area contributed by atoms with Crippen molar-refractivity contribution in [2.75, 3.05) is 7.11 Å². The lowest BCUT2D eigenvalue weighted by Crippen LogP contribution is -2.06. The molecule has 2 heterocycles. The Hall–Kier alpha value is -1.82. The van der Waals surface area contributed by atoms with Crippen molar-refractivity contribution in [2.24, 2.45) is 0 Å². The van der Waals surface area contributed by atoms with E-state index in [0.29, 0.717) is 40.0 Å². The SMILES string of the molecule is COCc1nc2ccnn2c(O)c1Cc1ccc(Cl)c(Cl)c1. The zero-order chi connectivity index (χ0) is 15.7. The standard InChI is InChI=1S/C15H13Cl2N3O2/c1-22-8-13-10(6-9-2-3-11(16)12(17)7-9)15(21)20-14(19-13)4-5-18-20/h2-5,7,21H,6,8H2,1H3. The summed E-state index contributed by atoms with van der Waals surface area (Å²) in [6.07, 6.45) is 2.03.